The van der Waals surface area contributed by atoms with Gasteiger partial charge in [-0.1, -0.05) is 26.0 Å². The number of hydrogen-bond acceptors (Lipinski definition) is 3. The molecule has 0 radical (unpaired) electrons. The quantitative estimate of drug-likeness (QED) is 0.596. The molecule has 1 rings (SSSR count). The van der Waals surface area contributed by atoms with E-state index in [1.807, 2.05) is 12.1 Å². The molecule has 0 aromatic heterocycles. The molecule has 0 aliphatic rings. The smallest absolute Gasteiger partial charge is 0.118 e. The zero-order chi connectivity index (χ0) is 15.3. The molecule has 1 N–H and O–H groups in total. The molecule has 0 saturated carbocycles. The molecule has 1 aromatic rings. The van der Waals surface area contributed by atoms with Crippen LogP contribution in [0.3, 0.4) is 0 Å². The van der Waals surface area contributed by atoms with Crippen molar-refractivity contribution in [1.29, 1.82) is 0 Å². The number of hydrogen-bond donors (Lipinski definition) is 1. The van der Waals surface area contributed by atoms with Crippen molar-refractivity contribution in [2.24, 2.45) is 5.92 Å². The lowest BCUT2D eigenvalue weighted by Gasteiger charge is -2.18. The maximum atomic E-state index is 5.65. The number of benzene rings is 1. The minimum Gasteiger partial charge on any atom is -0.497 e. The van der Waals surface area contributed by atoms with Crippen LogP contribution in [0.15, 0.2) is 24.3 Å². The van der Waals surface area contributed by atoms with Gasteiger partial charge in [0.15, 0.2) is 0 Å². The van der Waals surface area contributed by atoms with E-state index in [2.05, 4.69) is 31.3 Å². The third-order valence-corrected chi connectivity index (χ3v) is 3.56. The molecule has 3 heteroatoms. The zero-order valence-electron chi connectivity index (χ0n) is 13.9. The summed E-state index contributed by atoms with van der Waals surface area (Å²) < 4.78 is 10.9. The topological polar surface area (TPSA) is 30.5 Å². The van der Waals surface area contributed by atoms with Crippen molar-refractivity contribution in [3.05, 3.63) is 29.8 Å². The molecule has 0 heterocycles. The van der Waals surface area contributed by atoms with Gasteiger partial charge in [0.05, 0.1) is 7.11 Å². The normalized spacial score (nSPS) is 12.3. The van der Waals surface area contributed by atoms with Gasteiger partial charge in [-0.05, 0) is 62.4 Å². The number of ether oxygens (including phenoxy) is 2. The van der Waals surface area contributed by atoms with Crippen molar-refractivity contribution in [2.45, 2.75) is 39.5 Å². The van der Waals surface area contributed by atoms with E-state index in [4.69, 9.17) is 9.47 Å². The summed E-state index contributed by atoms with van der Waals surface area (Å²) in [5, 5.41) is 3.54. The van der Waals surface area contributed by atoms with E-state index in [0.29, 0.717) is 5.92 Å². The van der Waals surface area contributed by atoms with Crippen molar-refractivity contribution in [1.82, 2.24) is 5.32 Å². The summed E-state index contributed by atoms with van der Waals surface area (Å²) in [4.78, 5) is 0. The molecule has 3 nitrogen and oxygen atoms in total. The average Bonchev–Trinajstić information content (AvgIpc) is 2.52. The van der Waals surface area contributed by atoms with Gasteiger partial charge < -0.3 is 14.8 Å². The van der Waals surface area contributed by atoms with Crippen LogP contribution < -0.4 is 10.1 Å². The predicted octanol–water partition coefficient (Wildman–Crippen LogP) is 3.67. The Morgan fingerprint density at radius 2 is 1.81 bits per heavy atom. The lowest BCUT2D eigenvalue weighted by atomic mass is 9.96. The Morgan fingerprint density at radius 1 is 1.05 bits per heavy atom. The minimum absolute atomic E-state index is 0.627. The largest absolute Gasteiger partial charge is 0.497 e. The highest BCUT2D eigenvalue weighted by atomic mass is 16.5. The van der Waals surface area contributed by atoms with E-state index < -0.39 is 0 Å². The van der Waals surface area contributed by atoms with Gasteiger partial charge in [0.25, 0.3) is 0 Å². The summed E-state index contributed by atoms with van der Waals surface area (Å²) >= 11 is 0. The lowest BCUT2D eigenvalue weighted by Crippen LogP contribution is -2.26. The first kappa shape index (κ1) is 18.0. The van der Waals surface area contributed by atoms with Crippen LogP contribution >= 0.6 is 0 Å². The van der Waals surface area contributed by atoms with Crippen molar-refractivity contribution >= 4 is 0 Å². The van der Waals surface area contributed by atoms with Crippen LogP contribution in [-0.4, -0.2) is 33.4 Å². The minimum atomic E-state index is 0.627. The standard InChI is InChI=1S/C18H31NO2/c1-4-11-19-15-17(10-13-21-12-5-2)14-16-6-8-18(20-3)9-7-16/h6-9,17,19H,4-5,10-15H2,1-3H3. The Hall–Kier alpha value is -1.06. The molecule has 1 unspecified atom stereocenters. The summed E-state index contributed by atoms with van der Waals surface area (Å²) in [6, 6.07) is 8.41. The fraction of sp³-hybridized carbons (Fsp3) is 0.667. The van der Waals surface area contributed by atoms with E-state index in [1.165, 1.54) is 12.0 Å². The molecule has 0 aliphatic carbocycles. The summed E-state index contributed by atoms with van der Waals surface area (Å²) in [5.74, 6) is 1.55. The molecule has 1 atom stereocenters. The van der Waals surface area contributed by atoms with E-state index in [1.54, 1.807) is 7.11 Å². The van der Waals surface area contributed by atoms with Crippen LogP contribution in [0.1, 0.15) is 38.7 Å². The van der Waals surface area contributed by atoms with Crippen LogP contribution in [0.25, 0.3) is 0 Å². The lowest BCUT2D eigenvalue weighted by molar-refractivity contribution is 0.120. The summed E-state index contributed by atoms with van der Waals surface area (Å²) in [7, 11) is 1.71. The van der Waals surface area contributed by atoms with E-state index in [0.717, 1.165) is 51.3 Å². The van der Waals surface area contributed by atoms with Gasteiger partial charge in [-0.3, -0.25) is 0 Å². The summed E-state index contributed by atoms with van der Waals surface area (Å²) in [5.41, 5.74) is 1.37. The molecule has 1 aromatic carbocycles. The highest BCUT2D eigenvalue weighted by Gasteiger charge is 2.10. The Balaban J connectivity index is 2.44. The molecular weight excluding hydrogens is 262 g/mol. The number of methoxy groups -OCH3 is 1. The van der Waals surface area contributed by atoms with Crippen LogP contribution in [0.5, 0.6) is 5.75 Å². The SMILES string of the molecule is CCCNCC(CCOCCC)Cc1ccc(OC)cc1. The van der Waals surface area contributed by atoms with Crippen LogP contribution in [0.2, 0.25) is 0 Å². The first-order valence-electron chi connectivity index (χ1n) is 8.21. The average molecular weight is 293 g/mol. The van der Waals surface area contributed by atoms with Crippen molar-refractivity contribution in [2.75, 3.05) is 33.4 Å². The van der Waals surface area contributed by atoms with Crippen LogP contribution in [0.4, 0.5) is 0 Å². The first-order chi connectivity index (χ1) is 10.3. The van der Waals surface area contributed by atoms with E-state index in [9.17, 15) is 0 Å². The summed E-state index contributed by atoms with van der Waals surface area (Å²) in [6.45, 7) is 8.25. The molecule has 0 spiro atoms. The zero-order valence-corrected chi connectivity index (χ0v) is 13.9. The first-order valence-corrected chi connectivity index (χ1v) is 8.21. The van der Waals surface area contributed by atoms with Gasteiger partial charge in [-0.2, -0.15) is 0 Å². The van der Waals surface area contributed by atoms with Crippen molar-refractivity contribution in [3.63, 3.8) is 0 Å². The Bertz CT molecular complexity index is 351. The molecular formula is C18H31NO2. The second kappa shape index (κ2) is 11.6. The molecule has 21 heavy (non-hydrogen) atoms. The molecule has 120 valence electrons. The molecule has 0 fully saturated rings. The Morgan fingerprint density at radius 3 is 2.43 bits per heavy atom. The van der Waals surface area contributed by atoms with Crippen LogP contribution in [0, 0.1) is 5.92 Å². The molecule has 0 aliphatic heterocycles. The van der Waals surface area contributed by atoms with Gasteiger partial charge in [-0.25, -0.2) is 0 Å². The predicted molar refractivity (Wildman–Crippen MR) is 89.1 cm³/mol. The van der Waals surface area contributed by atoms with Gasteiger partial charge in [0.1, 0.15) is 5.75 Å². The Labute approximate surface area is 130 Å². The number of nitrogens with one attached hydrogen (secondary N) is 1. The highest BCUT2D eigenvalue weighted by Crippen LogP contribution is 2.16. The van der Waals surface area contributed by atoms with E-state index >= 15 is 0 Å². The van der Waals surface area contributed by atoms with Gasteiger partial charge in [-0.15, -0.1) is 0 Å². The molecule has 0 saturated heterocycles. The maximum absolute atomic E-state index is 5.65. The second-order valence-electron chi connectivity index (χ2n) is 5.52. The number of rotatable bonds is 12. The molecule has 0 amide bonds. The second-order valence-corrected chi connectivity index (χ2v) is 5.52. The van der Waals surface area contributed by atoms with Crippen molar-refractivity contribution < 1.29 is 9.47 Å². The Kier molecular flexibility index (Phi) is 9.92. The van der Waals surface area contributed by atoms with Gasteiger partial charge >= 0.3 is 0 Å². The third-order valence-electron chi connectivity index (χ3n) is 3.56. The van der Waals surface area contributed by atoms with Crippen LogP contribution in [-0.2, 0) is 11.2 Å². The monoisotopic (exact) mass is 293 g/mol. The fourth-order valence-corrected chi connectivity index (χ4v) is 2.35. The summed E-state index contributed by atoms with van der Waals surface area (Å²) in [6.07, 6.45) is 4.48. The highest BCUT2D eigenvalue weighted by molar-refractivity contribution is 5.27. The third kappa shape index (κ3) is 8.08. The molecule has 0 bridgehead atoms. The fourth-order valence-electron chi connectivity index (χ4n) is 2.35. The van der Waals surface area contributed by atoms with Crippen molar-refractivity contribution in [3.8, 4) is 5.75 Å². The van der Waals surface area contributed by atoms with Gasteiger partial charge in [0, 0.05) is 13.2 Å². The van der Waals surface area contributed by atoms with E-state index in [-0.39, 0.29) is 0 Å². The maximum Gasteiger partial charge on any atom is 0.118 e. The van der Waals surface area contributed by atoms with Gasteiger partial charge in [0.2, 0.25) is 0 Å².